The standard InChI is InChI=1S/C14H20N2O/c1-4-16(3)6-5-11-9-15-12-7-10(2)8-13(17)14(11)12/h7-9,15,17H,4-6H2,1-3H3. The molecule has 92 valence electrons. The molecular weight excluding hydrogens is 212 g/mol. The average molecular weight is 232 g/mol. The number of hydrogen-bond donors (Lipinski definition) is 2. The van der Waals surface area contributed by atoms with Crippen LogP contribution in [-0.4, -0.2) is 35.1 Å². The van der Waals surface area contributed by atoms with Crippen LogP contribution in [0.3, 0.4) is 0 Å². The molecule has 0 atom stereocenters. The van der Waals surface area contributed by atoms with Crippen LogP contribution in [-0.2, 0) is 6.42 Å². The minimum Gasteiger partial charge on any atom is -0.507 e. The van der Waals surface area contributed by atoms with Crippen molar-refractivity contribution < 1.29 is 5.11 Å². The van der Waals surface area contributed by atoms with E-state index in [0.717, 1.165) is 36.0 Å². The molecule has 0 aliphatic heterocycles. The van der Waals surface area contributed by atoms with Gasteiger partial charge in [-0.15, -0.1) is 0 Å². The number of aryl methyl sites for hydroxylation is 1. The Morgan fingerprint density at radius 1 is 1.35 bits per heavy atom. The zero-order chi connectivity index (χ0) is 12.4. The number of likely N-dealkylation sites (N-methyl/N-ethyl adjacent to an activating group) is 1. The van der Waals surface area contributed by atoms with Gasteiger partial charge in [-0.25, -0.2) is 0 Å². The van der Waals surface area contributed by atoms with E-state index >= 15 is 0 Å². The molecule has 1 aromatic heterocycles. The highest BCUT2D eigenvalue weighted by atomic mass is 16.3. The third-order valence-corrected chi connectivity index (χ3v) is 3.29. The van der Waals surface area contributed by atoms with Crippen LogP contribution in [0.4, 0.5) is 0 Å². The number of aromatic nitrogens is 1. The number of nitrogens with one attached hydrogen (secondary N) is 1. The summed E-state index contributed by atoms with van der Waals surface area (Å²) in [6, 6.07) is 3.89. The normalized spacial score (nSPS) is 11.5. The Labute approximate surface area is 102 Å². The Morgan fingerprint density at radius 2 is 2.12 bits per heavy atom. The second-order valence-corrected chi connectivity index (χ2v) is 4.67. The molecule has 0 saturated heterocycles. The molecule has 17 heavy (non-hydrogen) atoms. The summed E-state index contributed by atoms with van der Waals surface area (Å²) >= 11 is 0. The van der Waals surface area contributed by atoms with Gasteiger partial charge in [0.15, 0.2) is 0 Å². The summed E-state index contributed by atoms with van der Waals surface area (Å²) in [5.74, 6) is 0.385. The maximum Gasteiger partial charge on any atom is 0.125 e. The lowest BCUT2D eigenvalue weighted by Crippen LogP contribution is -2.20. The van der Waals surface area contributed by atoms with Gasteiger partial charge in [-0.2, -0.15) is 0 Å². The summed E-state index contributed by atoms with van der Waals surface area (Å²) in [4.78, 5) is 5.50. The molecule has 3 heteroatoms. The van der Waals surface area contributed by atoms with Crippen LogP contribution in [0.15, 0.2) is 18.3 Å². The van der Waals surface area contributed by atoms with E-state index in [-0.39, 0.29) is 0 Å². The Balaban J connectivity index is 2.29. The molecule has 0 aliphatic rings. The SMILES string of the molecule is CCN(C)CCc1c[nH]c2cc(C)cc(O)c12. The molecule has 3 nitrogen and oxygen atoms in total. The lowest BCUT2D eigenvalue weighted by Gasteiger charge is -2.13. The first-order valence-electron chi connectivity index (χ1n) is 6.10. The summed E-state index contributed by atoms with van der Waals surface area (Å²) < 4.78 is 0. The van der Waals surface area contributed by atoms with Crippen LogP contribution in [0.2, 0.25) is 0 Å². The van der Waals surface area contributed by atoms with Crippen LogP contribution in [0.25, 0.3) is 10.9 Å². The Hall–Kier alpha value is -1.48. The fraction of sp³-hybridized carbons (Fsp3) is 0.429. The van der Waals surface area contributed by atoms with E-state index in [1.165, 1.54) is 5.56 Å². The molecule has 0 unspecified atom stereocenters. The van der Waals surface area contributed by atoms with Gasteiger partial charge in [0.25, 0.3) is 0 Å². The first-order valence-corrected chi connectivity index (χ1v) is 6.10. The van der Waals surface area contributed by atoms with Crippen LogP contribution in [0, 0.1) is 6.92 Å². The molecule has 1 heterocycles. The summed E-state index contributed by atoms with van der Waals surface area (Å²) in [7, 11) is 2.11. The lowest BCUT2D eigenvalue weighted by molar-refractivity contribution is 0.358. The molecular formula is C14H20N2O. The molecule has 0 amide bonds. The molecule has 0 aliphatic carbocycles. The molecule has 0 radical (unpaired) electrons. The first-order chi connectivity index (χ1) is 8.11. The molecule has 2 N–H and O–H groups in total. The van der Waals surface area contributed by atoms with Gasteiger partial charge in [-0.3, -0.25) is 0 Å². The summed E-state index contributed by atoms with van der Waals surface area (Å²) in [6.45, 7) is 6.20. The maximum atomic E-state index is 10.0. The van der Waals surface area contributed by atoms with Crippen molar-refractivity contribution in [3.05, 3.63) is 29.5 Å². The van der Waals surface area contributed by atoms with Gasteiger partial charge in [0.2, 0.25) is 0 Å². The molecule has 0 saturated carbocycles. The number of fused-ring (bicyclic) bond motifs is 1. The van der Waals surface area contributed by atoms with Gasteiger partial charge < -0.3 is 15.0 Å². The molecule has 1 aromatic carbocycles. The Bertz CT molecular complexity index is 516. The number of hydrogen-bond acceptors (Lipinski definition) is 2. The van der Waals surface area contributed by atoms with Crippen LogP contribution in [0.1, 0.15) is 18.1 Å². The first kappa shape index (κ1) is 12.0. The minimum absolute atomic E-state index is 0.385. The zero-order valence-electron chi connectivity index (χ0n) is 10.7. The van der Waals surface area contributed by atoms with Crippen molar-refractivity contribution in [2.24, 2.45) is 0 Å². The van der Waals surface area contributed by atoms with Crippen LogP contribution < -0.4 is 0 Å². The third kappa shape index (κ3) is 2.44. The number of nitrogens with zero attached hydrogens (tertiary/aromatic N) is 1. The number of H-pyrrole nitrogens is 1. The van der Waals surface area contributed by atoms with Gasteiger partial charge in [0.1, 0.15) is 5.75 Å². The number of aromatic amines is 1. The maximum absolute atomic E-state index is 10.0. The number of benzene rings is 1. The van der Waals surface area contributed by atoms with E-state index in [9.17, 15) is 5.11 Å². The predicted octanol–water partition coefficient (Wildman–Crippen LogP) is 2.68. The molecule has 2 aromatic rings. The van der Waals surface area contributed by atoms with Gasteiger partial charge in [0.05, 0.1) is 0 Å². The quantitative estimate of drug-likeness (QED) is 0.850. The van der Waals surface area contributed by atoms with Crippen molar-refractivity contribution in [1.29, 1.82) is 0 Å². The Morgan fingerprint density at radius 3 is 2.82 bits per heavy atom. The van der Waals surface area contributed by atoms with Gasteiger partial charge in [-0.05, 0) is 50.2 Å². The largest absolute Gasteiger partial charge is 0.507 e. The fourth-order valence-electron chi connectivity index (χ4n) is 2.12. The number of aromatic hydroxyl groups is 1. The second kappa shape index (κ2) is 4.80. The minimum atomic E-state index is 0.385. The second-order valence-electron chi connectivity index (χ2n) is 4.67. The van der Waals surface area contributed by atoms with Gasteiger partial charge >= 0.3 is 0 Å². The number of phenols is 1. The van der Waals surface area contributed by atoms with E-state index in [1.54, 1.807) is 0 Å². The fourth-order valence-corrected chi connectivity index (χ4v) is 2.12. The van der Waals surface area contributed by atoms with Crippen LogP contribution >= 0.6 is 0 Å². The van der Waals surface area contributed by atoms with Crippen LogP contribution in [0.5, 0.6) is 5.75 Å². The highest BCUT2D eigenvalue weighted by Crippen LogP contribution is 2.29. The van der Waals surface area contributed by atoms with Crippen molar-refractivity contribution in [1.82, 2.24) is 9.88 Å². The highest BCUT2D eigenvalue weighted by Gasteiger charge is 2.09. The van der Waals surface area contributed by atoms with Crippen molar-refractivity contribution >= 4 is 10.9 Å². The van der Waals surface area contributed by atoms with E-state index in [0.29, 0.717) is 5.75 Å². The van der Waals surface area contributed by atoms with Crippen molar-refractivity contribution in [3.8, 4) is 5.75 Å². The molecule has 0 spiro atoms. The predicted molar refractivity (Wildman–Crippen MR) is 71.6 cm³/mol. The number of phenolic OH excluding ortho intramolecular Hbond substituents is 1. The average Bonchev–Trinajstić information content (AvgIpc) is 2.69. The van der Waals surface area contributed by atoms with Crippen molar-refractivity contribution in [2.45, 2.75) is 20.3 Å². The topological polar surface area (TPSA) is 39.3 Å². The molecule has 0 bridgehead atoms. The number of rotatable bonds is 4. The third-order valence-electron chi connectivity index (χ3n) is 3.29. The monoisotopic (exact) mass is 232 g/mol. The summed E-state index contributed by atoms with van der Waals surface area (Å²) in [5.41, 5.74) is 3.29. The molecule has 2 rings (SSSR count). The summed E-state index contributed by atoms with van der Waals surface area (Å²) in [6.07, 6.45) is 2.97. The van der Waals surface area contributed by atoms with E-state index in [4.69, 9.17) is 0 Å². The Kier molecular flexibility index (Phi) is 3.38. The van der Waals surface area contributed by atoms with Gasteiger partial charge in [-0.1, -0.05) is 6.92 Å². The van der Waals surface area contributed by atoms with Gasteiger partial charge in [0, 0.05) is 23.6 Å². The van der Waals surface area contributed by atoms with E-state index < -0.39 is 0 Å². The smallest absolute Gasteiger partial charge is 0.125 e. The zero-order valence-corrected chi connectivity index (χ0v) is 10.7. The van der Waals surface area contributed by atoms with E-state index in [1.807, 2.05) is 19.2 Å². The van der Waals surface area contributed by atoms with Crippen molar-refractivity contribution in [2.75, 3.05) is 20.1 Å². The lowest BCUT2D eigenvalue weighted by atomic mass is 10.1. The van der Waals surface area contributed by atoms with Crippen molar-refractivity contribution in [3.63, 3.8) is 0 Å². The summed E-state index contributed by atoms with van der Waals surface area (Å²) in [5, 5.41) is 11.0. The highest BCUT2D eigenvalue weighted by molar-refractivity contribution is 5.89. The van der Waals surface area contributed by atoms with E-state index in [2.05, 4.69) is 29.9 Å². The molecule has 0 fully saturated rings.